The topological polar surface area (TPSA) is 12.0 Å². The van der Waals surface area contributed by atoms with Crippen molar-refractivity contribution in [2.45, 2.75) is 64.2 Å². The van der Waals surface area contributed by atoms with E-state index in [4.69, 9.17) is 0 Å². The minimum atomic E-state index is 1.22. The Labute approximate surface area is 118 Å². The van der Waals surface area contributed by atoms with E-state index < -0.39 is 0 Å². The minimum absolute atomic E-state index is 1.22. The van der Waals surface area contributed by atoms with Crippen LogP contribution in [0.1, 0.15) is 64.2 Å². The van der Waals surface area contributed by atoms with Crippen LogP contribution in [0.5, 0.6) is 0 Å². The molecule has 0 aromatic heterocycles. The fraction of sp³-hybridized carbons (Fsp3) is 0.556. The number of hydrogen-bond donors (Lipinski definition) is 1. The third kappa shape index (κ3) is 5.50. The van der Waals surface area contributed by atoms with E-state index in [1.807, 2.05) is 6.20 Å². The Balaban J connectivity index is 1.98. The highest BCUT2D eigenvalue weighted by Gasteiger charge is 2.05. The molecule has 1 N–H and O–H groups in total. The summed E-state index contributed by atoms with van der Waals surface area (Å²) in [5.41, 5.74) is 2.80. The summed E-state index contributed by atoms with van der Waals surface area (Å²) in [6.07, 6.45) is 26.6. The largest absolute Gasteiger partial charge is 0.361 e. The predicted octanol–water partition coefficient (Wildman–Crippen LogP) is 5.38. The maximum absolute atomic E-state index is 3.41. The molecule has 104 valence electrons. The van der Waals surface area contributed by atoms with E-state index in [9.17, 15) is 0 Å². The SMILES string of the molecule is C1=CC=C(C2=CCCCCCCCCCC2)NC=C1. The molecule has 0 unspecified atom stereocenters. The first-order valence-corrected chi connectivity index (χ1v) is 7.96. The van der Waals surface area contributed by atoms with Crippen molar-refractivity contribution in [1.82, 2.24) is 5.32 Å². The van der Waals surface area contributed by atoms with Crippen LogP contribution in [0.3, 0.4) is 0 Å². The zero-order chi connectivity index (χ0) is 13.2. The van der Waals surface area contributed by atoms with Crippen LogP contribution >= 0.6 is 0 Å². The van der Waals surface area contributed by atoms with Gasteiger partial charge in [0.2, 0.25) is 0 Å². The maximum atomic E-state index is 3.41. The van der Waals surface area contributed by atoms with E-state index in [1.165, 1.54) is 75.5 Å². The average Bonchev–Trinajstić information content (AvgIpc) is 2.68. The molecule has 1 nitrogen and oxygen atoms in total. The highest BCUT2D eigenvalue weighted by Crippen LogP contribution is 2.21. The van der Waals surface area contributed by atoms with Gasteiger partial charge in [-0.05, 0) is 43.4 Å². The molecule has 0 fully saturated rings. The van der Waals surface area contributed by atoms with Crippen LogP contribution in [0.15, 0.2) is 47.9 Å². The van der Waals surface area contributed by atoms with Crippen LogP contribution in [0, 0.1) is 0 Å². The van der Waals surface area contributed by atoms with Crippen LogP contribution < -0.4 is 5.32 Å². The van der Waals surface area contributed by atoms with Crippen molar-refractivity contribution in [3.63, 3.8) is 0 Å². The molecule has 0 spiro atoms. The van der Waals surface area contributed by atoms with Gasteiger partial charge in [0, 0.05) is 11.9 Å². The van der Waals surface area contributed by atoms with Crippen molar-refractivity contribution >= 4 is 0 Å². The van der Waals surface area contributed by atoms with Crippen LogP contribution in [0.4, 0.5) is 0 Å². The average molecular weight is 257 g/mol. The molecule has 0 aromatic carbocycles. The van der Waals surface area contributed by atoms with Gasteiger partial charge in [-0.25, -0.2) is 0 Å². The van der Waals surface area contributed by atoms with Gasteiger partial charge in [-0.3, -0.25) is 0 Å². The third-order valence-electron chi connectivity index (χ3n) is 3.96. The molecule has 0 atom stereocenters. The molecular formula is C18H27N. The van der Waals surface area contributed by atoms with Gasteiger partial charge in [0.15, 0.2) is 0 Å². The van der Waals surface area contributed by atoms with E-state index in [0.29, 0.717) is 0 Å². The normalized spacial score (nSPS) is 22.3. The molecule has 1 heterocycles. The molecule has 2 aliphatic rings. The third-order valence-corrected chi connectivity index (χ3v) is 3.96. The molecule has 0 aromatic rings. The van der Waals surface area contributed by atoms with Gasteiger partial charge in [-0.2, -0.15) is 0 Å². The number of nitrogens with one attached hydrogen (secondary N) is 1. The van der Waals surface area contributed by atoms with Crippen LogP contribution in [-0.2, 0) is 0 Å². The van der Waals surface area contributed by atoms with Crippen molar-refractivity contribution in [3.05, 3.63) is 47.9 Å². The van der Waals surface area contributed by atoms with Gasteiger partial charge in [0.25, 0.3) is 0 Å². The lowest BCUT2D eigenvalue weighted by atomic mass is 9.98. The molecule has 1 aliphatic heterocycles. The Hall–Kier alpha value is -1.24. The van der Waals surface area contributed by atoms with Crippen molar-refractivity contribution < 1.29 is 0 Å². The molecule has 1 aliphatic carbocycles. The van der Waals surface area contributed by atoms with Crippen molar-refractivity contribution in [3.8, 4) is 0 Å². The summed E-state index contributed by atoms with van der Waals surface area (Å²) < 4.78 is 0. The lowest BCUT2D eigenvalue weighted by Gasteiger charge is -2.13. The summed E-state index contributed by atoms with van der Waals surface area (Å²) in [4.78, 5) is 0. The number of allylic oxidation sites excluding steroid dienone is 6. The van der Waals surface area contributed by atoms with E-state index in [2.05, 4.69) is 35.7 Å². The van der Waals surface area contributed by atoms with E-state index in [0.717, 1.165) is 0 Å². The van der Waals surface area contributed by atoms with Gasteiger partial charge >= 0.3 is 0 Å². The fourth-order valence-electron chi connectivity index (χ4n) is 2.80. The second-order valence-electron chi connectivity index (χ2n) is 5.57. The Bertz CT molecular complexity index is 371. The molecule has 19 heavy (non-hydrogen) atoms. The molecule has 2 rings (SSSR count). The summed E-state index contributed by atoms with van der Waals surface area (Å²) >= 11 is 0. The highest BCUT2D eigenvalue weighted by molar-refractivity contribution is 5.36. The van der Waals surface area contributed by atoms with Gasteiger partial charge in [-0.1, -0.05) is 56.8 Å². The molecule has 0 saturated heterocycles. The smallest absolute Gasteiger partial charge is 0.0409 e. The van der Waals surface area contributed by atoms with Crippen molar-refractivity contribution in [2.75, 3.05) is 0 Å². The fourth-order valence-corrected chi connectivity index (χ4v) is 2.80. The van der Waals surface area contributed by atoms with Gasteiger partial charge in [-0.15, -0.1) is 0 Å². The Morgan fingerprint density at radius 1 is 0.737 bits per heavy atom. The predicted molar refractivity (Wildman–Crippen MR) is 83.8 cm³/mol. The van der Waals surface area contributed by atoms with Crippen molar-refractivity contribution in [1.29, 1.82) is 0 Å². The number of hydrogen-bond acceptors (Lipinski definition) is 1. The zero-order valence-corrected chi connectivity index (χ0v) is 12.0. The van der Waals surface area contributed by atoms with E-state index in [1.54, 1.807) is 0 Å². The van der Waals surface area contributed by atoms with Gasteiger partial charge in [0.1, 0.15) is 0 Å². The molecule has 0 amide bonds. The lowest BCUT2D eigenvalue weighted by Crippen LogP contribution is -2.07. The standard InChI is InChI=1S/C18H27N/c1-2-4-6-9-13-17(14-10-7-5-3-1)18-15-11-8-12-16-19-18/h8,11-13,15-16,19H,1-7,9-10,14H2. The Kier molecular flexibility index (Phi) is 6.56. The zero-order valence-electron chi connectivity index (χ0n) is 12.0. The first kappa shape index (κ1) is 14.2. The maximum Gasteiger partial charge on any atom is 0.0409 e. The van der Waals surface area contributed by atoms with Crippen molar-refractivity contribution in [2.24, 2.45) is 0 Å². The summed E-state index contributed by atoms with van der Waals surface area (Å²) in [5.74, 6) is 0. The summed E-state index contributed by atoms with van der Waals surface area (Å²) in [7, 11) is 0. The van der Waals surface area contributed by atoms with Gasteiger partial charge in [0.05, 0.1) is 0 Å². The highest BCUT2D eigenvalue weighted by atomic mass is 14.9. The Morgan fingerprint density at radius 3 is 2.32 bits per heavy atom. The van der Waals surface area contributed by atoms with Crippen LogP contribution in [0.2, 0.25) is 0 Å². The van der Waals surface area contributed by atoms with E-state index >= 15 is 0 Å². The van der Waals surface area contributed by atoms with Gasteiger partial charge < -0.3 is 5.32 Å². The molecule has 0 saturated carbocycles. The minimum Gasteiger partial charge on any atom is -0.361 e. The summed E-state index contributed by atoms with van der Waals surface area (Å²) in [6.45, 7) is 0. The van der Waals surface area contributed by atoms with Crippen LogP contribution in [0.25, 0.3) is 0 Å². The number of rotatable bonds is 1. The Morgan fingerprint density at radius 2 is 1.47 bits per heavy atom. The molecule has 0 bridgehead atoms. The summed E-state index contributed by atoms with van der Waals surface area (Å²) in [6, 6.07) is 0. The monoisotopic (exact) mass is 257 g/mol. The second-order valence-corrected chi connectivity index (χ2v) is 5.57. The quantitative estimate of drug-likeness (QED) is 0.664. The second kappa shape index (κ2) is 8.79. The molecule has 1 heteroatoms. The molecule has 0 radical (unpaired) electrons. The molecular weight excluding hydrogens is 230 g/mol. The lowest BCUT2D eigenvalue weighted by molar-refractivity contribution is 0.562. The van der Waals surface area contributed by atoms with E-state index in [-0.39, 0.29) is 0 Å². The van der Waals surface area contributed by atoms with Crippen LogP contribution in [-0.4, -0.2) is 0 Å². The first-order chi connectivity index (χ1) is 9.47. The first-order valence-electron chi connectivity index (χ1n) is 7.96. The summed E-state index contributed by atoms with van der Waals surface area (Å²) in [5, 5.41) is 3.41.